The summed E-state index contributed by atoms with van der Waals surface area (Å²) in [5.41, 5.74) is 2.44. The molecule has 1 saturated heterocycles. The highest BCUT2D eigenvalue weighted by molar-refractivity contribution is 5.72. The first-order valence-electron chi connectivity index (χ1n) is 6.36. The number of rotatable bonds is 4. The summed E-state index contributed by atoms with van der Waals surface area (Å²) >= 11 is 0. The summed E-state index contributed by atoms with van der Waals surface area (Å²) in [5.74, 6) is 0.00685. The van der Waals surface area contributed by atoms with E-state index >= 15 is 0 Å². The zero-order chi connectivity index (χ0) is 12.8. The van der Waals surface area contributed by atoms with Gasteiger partial charge in [-0.1, -0.05) is 24.3 Å². The second-order valence-electron chi connectivity index (χ2n) is 4.61. The van der Waals surface area contributed by atoms with Crippen LogP contribution in [0.1, 0.15) is 18.1 Å². The fraction of sp³-hybridized carbons (Fsp3) is 0.500. The van der Waals surface area contributed by atoms with Gasteiger partial charge in [0, 0.05) is 33.1 Å². The number of nitrogens with zero attached hydrogens (tertiary/aromatic N) is 1. The van der Waals surface area contributed by atoms with Crippen LogP contribution < -0.4 is 5.32 Å². The standard InChI is InChI=1S/C14H20N2O2/c1-12(17)15-10-13-2-4-14(5-3-13)11-16-6-8-18-9-7-16/h2-5H,6-11H2,1H3,(H,15,17). The van der Waals surface area contributed by atoms with Crippen molar-refractivity contribution < 1.29 is 9.53 Å². The topological polar surface area (TPSA) is 41.6 Å². The number of carbonyl (C=O) groups is 1. The van der Waals surface area contributed by atoms with Gasteiger partial charge in [-0.3, -0.25) is 9.69 Å². The first-order chi connectivity index (χ1) is 8.74. The van der Waals surface area contributed by atoms with Gasteiger partial charge in [-0.15, -0.1) is 0 Å². The Kier molecular flexibility index (Phi) is 4.73. The number of amides is 1. The Morgan fingerprint density at radius 2 is 1.83 bits per heavy atom. The minimum atomic E-state index is 0.00685. The van der Waals surface area contributed by atoms with Crippen LogP contribution in [0.2, 0.25) is 0 Å². The number of hydrogen-bond donors (Lipinski definition) is 1. The Hall–Kier alpha value is -1.39. The molecule has 0 bridgehead atoms. The van der Waals surface area contributed by atoms with Crippen molar-refractivity contribution in [1.29, 1.82) is 0 Å². The molecule has 0 aliphatic carbocycles. The van der Waals surface area contributed by atoms with Crippen LogP contribution in [0.5, 0.6) is 0 Å². The van der Waals surface area contributed by atoms with E-state index in [0.29, 0.717) is 6.54 Å². The SMILES string of the molecule is CC(=O)NCc1ccc(CN2CCOCC2)cc1. The number of benzene rings is 1. The van der Waals surface area contributed by atoms with Gasteiger partial charge in [0.05, 0.1) is 13.2 Å². The van der Waals surface area contributed by atoms with Crippen LogP contribution in [0.25, 0.3) is 0 Å². The molecular weight excluding hydrogens is 228 g/mol. The molecule has 1 aromatic carbocycles. The molecule has 0 aromatic heterocycles. The van der Waals surface area contributed by atoms with Crippen molar-refractivity contribution in [3.63, 3.8) is 0 Å². The molecule has 0 atom stereocenters. The van der Waals surface area contributed by atoms with Crippen molar-refractivity contribution in [3.05, 3.63) is 35.4 Å². The molecule has 0 saturated carbocycles. The number of nitrogens with one attached hydrogen (secondary N) is 1. The van der Waals surface area contributed by atoms with Gasteiger partial charge in [0.1, 0.15) is 0 Å². The highest BCUT2D eigenvalue weighted by Crippen LogP contribution is 2.09. The van der Waals surface area contributed by atoms with Gasteiger partial charge in [0.15, 0.2) is 0 Å². The first kappa shape index (κ1) is 13.1. The average molecular weight is 248 g/mol. The minimum absolute atomic E-state index is 0.00685. The lowest BCUT2D eigenvalue weighted by Crippen LogP contribution is -2.35. The average Bonchev–Trinajstić information content (AvgIpc) is 2.39. The fourth-order valence-electron chi connectivity index (χ4n) is 2.01. The van der Waals surface area contributed by atoms with E-state index in [0.717, 1.165) is 38.4 Å². The molecule has 0 radical (unpaired) electrons. The smallest absolute Gasteiger partial charge is 0.217 e. The molecule has 1 amide bonds. The summed E-state index contributed by atoms with van der Waals surface area (Å²) in [7, 11) is 0. The number of carbonyl (C=O) groups excluding carboxylic acids is 1. The van der Waals surface area contributed by atoms with E-state index in [1.165, 1.54) is 12.5 Å². The molecule has 1 aromatic rings. The quantitative estimate of drug-likeness (QED) is 0.869. The van der Waals surface area contributed by atoms with Gasteiger partial charge in [-0.25, -0.2) is 0 Å². The van der Waals surface area contributed by atoms with Crippen LogP contribution >= 0.6 is 0 Å². The van der Waals surface area contributed by atoms with Crippen LogP contribution in [0.4, 0.5) is 0 Å². The van der Waals surface area contributed by atoms with Crippen molar-refractivity contribution in [2.24, 2.45) is 0 Å². The normalized spacial score (nSPS) is 16.5. The summed E-state index contributed by atoms with van der Waals surface area (Å²) in [6, 6.07) is 8.41. The van der Waals surface area contributed by atoms with Crippen molar-refractivity contribution in [3.8, 4) is 0 Å². The molecule has 1 aliphatic rings. The highest BCUT2D eigenvalue weighted by atomic mass is 16.5. The van der Waals surface area contributed by atoms with Crippen molar-refractivity contribution in [2.45, 2.75) is 20.0 Å². The summed E-state index contributed by atoms with van der Waals surface area (Å²) in [4.78, 5) is 13.2. The Balaban J connectivity index is 1.84. The molecule has 0 unspecified atom stereocenters. The van der Waals surface area contributed by atoms with Gasteiger partial charge >= 0.3 is 0 Å². The van der Waals surface area contributed by atoms with Gasteiger partial charge in [-0.2, -0.15) is 0 Å². The largest absolute Gasteiger partial charge is 0.379 e. The lowest BCUT2D eigenvalue weighted by molar-refractivity contribution is -0.119. The second-order valence-corrected chi connectivity index (χ2v) is 4.61. The van der Waals surface area contributed by atoms with Gasteiger partial charge in [-0.05, 0) is 11.1 Å². The fourth-order valence-corrected chi connectivity index (χ4v) is 2.01. The monoisotopic (exact) mass is 248 g/mol. The molecule has 18 heavy (non-hydrogen) atoms. The van der Waals surface area contributed by atoms with E-state index in [-0.39, 0.29) is 5.91 Å². The molecule has 1 heterocycles. The Bertz CT molecular complexity index is 383. The maximum Gasteiger partial charge on any atom is 0.217 e. The summed E-state index contributed by atoms with van der Waals surface area (Å²) < 4.78 is 5.33. The first-order valence-corrected chi connectivity index (χ1v) is 6.36. The lowest BCUT2D eigenvalue weighted by Gasteiger charge is -2.26. The summed E-state index contributed by atoms with van der Waals surface area (Å²) in [6.45, 7) is 6.80. The maximum absolute atomic E-state index is 10.8. The molecule has 4 heteroatoms. The lowest BCUT2D eigenvalue weighted by atomic mass is 10.1. The molecule has 1 fully saturated rings. The van der Waals surface area contributed by atoms with Crippen molar-refractivity contribution >= 4 is 5.91 Å². The van der Waals surface area contributed by atoms with Gasteiger partial charge in [0.2, 0.25) is 5.91 Å². The van der Waals surface area contributed by atoms with E-state index in [1.807, 2.05) is 0 Å². The molecule has 4 nitrogen and oxygen atoms in total. The Morgan fingerprint density at radius 1 is 1.22 bits per heavy atom. The molecule has 98 valence electrons. The molecule has 0 spiro atoms. The van der Waals surface area contributed by atoms with Crippen molar-refractivity contribution in [2.75, 3.05) is 26.3 Å². The van der Waals surface area contributed by atoms with E-state index in [9.17, 15) is 4.79 Å². The van der Waals surface area contributed by atoms with E-state index < -0.39 is 0 Å². The van der Waals surface area contributed by atoms with E-state index in [4.69, 9.17) is 4.74 Å². The number of hydrogen-bond acceptors (Lipinski definition) is 3. The number of ether oxygens (including phenoxy) is 1. The van der Waals surface area contributed by atoms with Crippen LogP contribution in [-0.2, 0) is 22.6 Å². The molecule has 1 aliphatic heterocycles. The predicted molar refractivity (Wildman–Crippen MR) is 70.1 cm³/mol. The Morgan fingerprint density at radius 3 is 2.44 bits per heavy atom. The van der Waals surface area contributed by atoms with Crippen LogP contribution in [0.15, 0.2) is 24.3 Å². The van der Waals surface area contributed by atoms with Gasteiger partial charge < -0.3 is 10.1 Å². The third-order valence-corrected chi connectivity index (χ3v) is 3.07. The number of morpholine rings is 1. The summed E-state index contributed by atoms with van der Waals surface area (Å²) in [6.07, 6.45) is 0. The summed E-state index contributed by atoms with van der Waals surface area (Å²) in [5, 5.41) is 2.80. The van der Waals surface area contributed by atoms with Crippen LogP contribution in [0.3, 0.4) is 0 Å². The second kappa shape index (κ2) is 6.52. The minimum Gasteiger partial charge on any atom is -0.379 e. The Labute approximate surface area is 108 Å². The predicted octanol–water partition coefficient (Wildman–Crippen LogP) is 1.15. The third-order valence-electron chi connectivity index (χ3n) is 3.07. The maximum atomic E-state index is 10.8. The van der Waals surface area contributed by atoms with Crippen molar-refractivity contribution in [1.82, 2.24) is 10.2 Å². The zero-order valence-electron chi connectivity index (χ0n) is 10.8. The third kappa shape index (κ3) is 4.13. The molecular formula is C14H20N2O2. The van der Waals surface area contributed by atoms with Crippen LogP contribution in [0, 0.1) is 0 Å². The van der Waals surface area contributed by atoms with E-state index in [2.05, 4.69) is 34.5 Å². The van der Waals surface area contributed by atoms with Gasteiger partial charge in [0.25, 0.3) is 0 Å². The van der Waals surface area contributed by atoms with E-state index in [1.54, 1.807) is 0 Å². The molecule has 1 N–H and O–H groups in total. The molecule has 2 rings (SSSR count). The van der Waals surface area contributed by atoms with Crippen LogP contribution in [-0.4, -0.2) is 37.1 Å². The highest BCUT2D eigenvalue weighted by Gasteiger charge is 2.10. The zero-order valence-corrected chi connectivity index (χ0v) is 10.8.